The van der Waals surface area contributed by atoms with Crippen LogP contribution < -0.4 is 0 Å². The summed E-state index contributed by atoms with van der Waals surface area (Å²) in [6.07, 6.45) is 0. The highest BCUT2D eigenvalue weighted by Gasteiger charge is 2.16. The molecule has 7 nitrogen and oxygen atoms in total. The Morgan fingerprint density at radius 1 is 0.964 bits per heavy atom. The predicted octanol–water partition coefficient (Wildman–Crippen LogP) is 4.04. The SMILES string of the molecule is Cc1ccc(O)c(-n2nc3cccc(-c4cccc5c4nnn5CCl)c3n2)c1. The van der Waals surface area contributed by atoms with Crippen molar-refractivity contribution in [3.63, 3.8) is 0 Å². The van der Waals surface area contributed by atoms with Gasteiger partial charge in [0, 0.05) is 11.1 Å². The van der Waals surface area contributed by atoms with Gasteiger partial charge in [0.05, 0.1) is 5.52 Å². The van der Waals surface area contributed by atoms with Gasteiger partial charge in [0.15, 0.2) is 0 Å². The number of nitrogens with zero attached hydrogens (tertiary/aromatic N) is 6. The first-order valence-electron chi connectivity index (χ1n) is 8.70. The maximum absolute atomic E-state index is 10.2. The molecule has 0 radical (unpaired) electrons. The minimum atomic E-state index is 0.125. The lowest BCUT2D eigenvalue weighted by Gasteiger charge is -2.04. The van der Waals surface area contributed by atoms with E-state index in [1.807, 2.05) is 55.5 Å². The summed E-state index contributed by atoms with van der Waals surface area (Å²) in [6.45, 7) is 1.96. The minimum absolute atomic E-state index is 0.125. The van der Waals surface area contributed by atoms with Gasteiger partial charge in [0.25, 0.3) is 0 Å². The molecule has 0 aliphatic carbocycles. The predicted molar refractivity (Wildman–Crippen MR) is 108 cm³/mol. The van der Waals surface area contributed by atoms with Gasteiger partial charge in [-0.3, -0.25) is 0 Å². The van der Waals surface area contributed by atoms with Crippen LogP contribution in [0.1, 0.15) is 5.56 Å². The number of hydrogen-bond acceptors (Lipinski definition) is 5. The lowest BCUT2D eigenvalue weighted by molar-refractivity contribution is 0.467. The molecule has 0 saturated heterocycles. The van der Waals surface area contributed by atoms with Crippen LogP contribution in [0.5, 0.6) is 5.75 Å². The van der Waals surface area contributed by atoms with E-state index in [1.165, 1.54) is 4.80 Å². The topological polar surface area (TPSA) is 81.6 Å². The number of benzene rings is 3. The van der Waals surface area contributed by atoms with Crippen molar-refractivity contribution in [2.45, 2.75) is 12.9 Å². The minimum Gasteiger partial charge on any atom is -0.506 e. The van der Waals surface area contributed by atoms with Crippen LogP contribution in [-0.4, -0.2) is 35.1 Å². The van der Waals surface area contributed by atoms with E-state index in [0.717, 1.165) is 38.8 Å². The highest BCUT2D eigenvalue weighted by atomic mass is 35.5. The molecule has 5 aromatic rings. The summed E-state index contributed by atoms with van der Waals surface area (Å²) in [5.74, 6) is 0.125. The molecule has 0 amide bonds. The smallest absolute Gasteiger partial charge is 0.143 e. The summed E-state index contributed by atoms with van der Waals surface area (Å²) in [5, 5.41) is 27.9. The first-order valence-corrected chi connectivity index (χ1v) is 9.24. The van der Waals surface area contributed by atoms with E-state index in [0.29, 0.717) is 5.69 Å². The van der Waals surface area contributed by atoms with Crippen molar-refractivity contribution < 1.29 is 5.11 Å². The van der Waals surface area contributed by atoms with Crippen LogP contribution in [0.25, 0.3) is 38.9 Å². The van der Waals surface area contributed by atoms with Crippen LogP contribution in [-0.2, 0) is 6.00 Å². The van der Waals surface area contributed by atoms with Gasteiger partial charge in [0.1, 0.15) is 34.0 Å². The Kier molecular flexibility index (Phi) is 3.77. The summed E-state index contributed by atoms with van der Waals surface area (Å²) < 4.78 is 1.64. The molecule has 0 saturated carbocycles. The molecule has 5 rings (SSSR count). The number of hydrogen-bond donors (Lipinski definition) is 1. The molecule has 3 aromatic carbocycles. The van der Waals surface area contributed by atoms with Crippen molar-refractivity contribution in [3.8, 4) is 22.6 Å². The molecule has 8 heteroatoms. The number of halogens is 1. The Hall–Kier alpha value is -3.45. The zero-order valence-electron chi connectivity index (χ0n) is 14.9. The average molecular weight is 391 g/mol. The fourth-order valence-corrected chi connectivity index (χ4v) is 3.53. The Morgan fingerprint density at radius 2 is 1.75 bits per heavy atom. The number of phenolic OH excluding ortho intramolecular Hbond substituents is 1. The van der Waals surface area contributed by atoms with Crippen molar-refractivity contribution in [1.29, 1.82) is 0 Å². The van der Waals surface area contributed by atoms with Crippen molar-refractivity contribution in [1.82, 2.24) is 30.0 Å². The Bertz CT molecular complexity index is 1340. The van der Waals surface area contributed by atoms with Gasteiger partial charge in [-0.2, -0.15) is 0 Å². The molecule has 0 bridgehead atoms. The van der Waals surface area contributed by atoms with Crippen molar-refractivity contribution in [2.24, 2.45) is 0 Å². The zero-order chi connectivity index (χ0) is 19.3. The molecule has 2 heterocycles. The number of fused-ring (bicyclic) bond motifs is 2. The first kappa shape index (κ1) is 16.7. The Balaban J connectivity index is 1.75. The van der Waals surface area contributed by atoms with Gasteiger partial charge in [-0.05, 0) is 36.8 Å². The zero-order valence-corrected chi connectivity index (χ0v) is 15.7. The van der Waals surface area contributed by atoms with Gasteiger partial charge in [-0.25, -0.2) is 4.68 Å². The molecule has 2 aromatic heterocycles. The number of phenols is 1. The van der Waals surface area contributed by atoms with Crippen molar-refractivity contribution in [3.05, 3.63) is 60.2 Å². The molecule has 1 N–H and O–H groups in total. The van der Waals surface area contributed by atoms with Gasteiger partial charge in [0.2, 0.25) is 0 Å². The quantitative estimate of drug-likeness (QED) is 0.470. The lowest BCUT2D eigenvalue weighted by Crippen LogP contribution is -1.99. The van der Waals surface area contributed by atoms with Crippen LogP contribution in [0.2, 0.25) is 0 Å². The third kappa shape index (κ3) is 2.51. The second-order valence-electron chi connectivity index (χ2n) is 6.54. The van der Waals surface area contributed by atoms with E-state index >= 15 is 0 Å². The van der Waals surface area contributed by atoms with Crippen molar-refractivity contribution in [2.75, 3.05) is 0 Å². The highest BCUT2D eigenvalue weighted by Crippen LogP contribution is 2.32. The molecule has 138 valence electrons. The monoisotopic (exact) mass is 390 g/mol. The molecule has 0 unspecified atom stereocenters. The molecule has 0 aliphatic rings. The molecule has 0 fully saturated rings. The number of alkyl halides is 1. The Morgan fingerprint density at radius 3 is 2.57 bits per heavy atom. The average Bonchev–Trinajstić information content (AvgIpc) is 3.33. The highest BCUT2D eigenvalue weighted by molar-refractivity contribution is 6.15. The summed E-state index contributed by atoms with van der Waals surface area (Å²) in [4.78, 5) is 1.46. The van der Waals surface area contributed by atoms with E-state index in [1.54, 1.807) is 10.7 Å². The van der Waals surface area contributed by atoms with E-state index in [4.69, 9.17) is 11.6 Å². The summed E-state index contributed by atoms with van der Waals surface area (Å²) in [7, 11) is 0. The summed E-state index contributed by atoms with van der Waals surface area (Å²) in [6, 6.07) is 17.2. The Labute approximate surface area is 164 Å². The van der Waals surface area contributed by atoms with E-state index in [2.05, 4.69) is 20.5 Å². The molecule has 0 spiro atoms. The van der Waals surface area contributed by atoms with Crippen LogP contribution in [0.15, 0.2) is 54.6 Å². The largest absolute Gasteiger partial charge is 0.506 e. The normalized spacial score (nSPS) is 11.5. The first-order chi connectivity index (χ1) is 13.7. The molecular formula is C20H15ClN6O. The standard InChI is InChI=1S/C20H15ClN6O/c1-12-8-9-18(28)17(10-12)27-23-15-6-2-4-13(19(15)24-27)14-5-3-7-16-20(14)22-25-26(16)11-21/h2-10,28H,11H2,1H3. The van der Waals surface area contributed by atoms with Gasteiger partial charge in [-0.15, -0.1) is 31.7 Å². The van der Waals surface area contributed by atoms with Crippen LogP contribution in [0.3, 0.4) is 0 Å². The van der Waals surface area contributed by atoms with Gasteiger partial charge >= 0.3 is 0 Å². The second kappa shape index (κ2) is 6.31. The second-order valence-corrected chi connectivity index (χ2v) is 6.78. The fourth-order valence-electron chi connectivity index (χ4n) is 3.35. The fraction of sp³-hybridized carbons (Fsp3) is 0.100. The summed E-state index contributed by atoms with van der Waals surface area (Å²) >= 11 is 5.95. The van der Waals surface area contributed by atoms with Gasteiger partial charge in [-0.1, -0.05) is 35.5 Å². The van der Waals surface area contributed by atoms with Crippen LogP contribution in [0, 0.1) is 6.92 Å². The van der Waals surface area contributed by atoms with Crippen molar-refractivity contribution >= 4 is 33.7 Å². The van der Waals surface area contributed by atoms with E-state index in [-0.39, 0.29) is 11.8 Å². The molecule has 0 aliphatic heterocycles. The maximum atomic E-state index is 10.2. The maximum Gasteiger partial charge on any atom is 0.143 e. The lowest BCUT2D eigenvalue weighted by atomic mass is 10.0. The molecule has 28 heavy (non-hydrogen) atoms. The number of aromatic hydroxyl groups is 1. The van der Waals surface area contributed by atoms with Crippen LogP contribution in [0.4, 0.5) is 0 Å². The third-order valence-electron chi connectivity index (χ3n) is 4.71. The van der Waals surface area contributed by atoms with E-state index in [9.17, 15) is 5.11 Å². The van der Waals surface area contributed by atoms with E-state index < -0.39 is 0 Å². The third-order valence-corrected chi connectivity index (χ3v) is 4.93. The number of aryl methyl sites for hydroxylation is 1. The molecule has 0 atom stereocenters. The summed E-state index contributed by atoms with van der Waals surface area (Å²) in [5.41, 5.74) is 6.39. The van der Waals surface area contributed by atoms with Gasteiger partial charge < -0.3 is 5.11 Å². The van der Waals surface area contributed by atoms with Crippen LogP contribution >= 0.6 is 11.6 Å². The molecular weight excluding hydrogens is 376 g/mol. The number of aromatic nitrogens is 6. The number of rotatable bonds is 3.